The standard InChI is InChI=1S/C24H36O4/c1-4-5-6-7-8-9-10-11-12-13-14-15-16-17-18-20(25)22-21(28-22)19-24(2,3)23(26)27/h5-6,8-9,11-12,14-15,17-18,20-22,25H,4,7,10,13,16,19H2,1-3H3,(H,26,27)/b6-5-,9-8-,12-11-,15-14-,18-17-. The Hall–Kier alpha value is -1.91. The molecule has 1 saturated heterocycles. The summed E-state index contributed by atoms with van der Waals surface area (Å²) in [5, 5.41) is 19.2. The van der Waals surface area contributed by atoms with E-state index in [0.29, 0.717) is 6.42 Å². The van der Waals surface area contributed by atoms with Crippen molar-refractivity contribution < 1.29 is 19.7 Å². The summed E-state index contributed by atoms with van der Waals surface area (Å²) in [4.78, 5) is 11.1. The number of aliphatic hydroxyl groups excluding tert-OH is 1. The zero-order valence-electron chi connectivity index (χ0n) is 17.5. The fraction of sp³-hybridized carbons (Fsp3) is 0.542. The van der Waals surface area contributed by atoms with Crippen LogP contribution in [0.3, 0.4) is 0 Å². The fourth-order valence-corrected chi connectivity index (χ4v) is 2.69. The highest BCUT2D eigenvalue weighted by molar-refractivity contribution is 5.73. The van der Waals surface area contributed by atoms with Gasteiger partial charge in [-0.15, -0.1) is 0 Å². The van der Waals surface area contributed by atoms with Crippen LogP contribution in [0, 0.1) is 5.41 Å². The number of carboxylic acid groups (broad SMARTS) is 1. The summed E-state index contributed by atoms with van der Waals surface area (Å²) in [5.41, 5.74) is -0.832. The maximum absolute atomic E-state index is 11.1. The summed E-state index contributed by atoms with van der Waals surface area (Å²) in [6.07, 6.45) is 24.8. The Labute approximate surface area is 170 Å². The summed E-state index contributed by atoms with van der Waals surface area (Å²) in [5.74, 6) is -0.842. The number of rotatable bonds is 14. The molecule has 0 spiro atoms. The number of carbonyl (C=O) groups is 1. The summed E-state index contributed by atoms with van der Waals surface area (Å²) < 4.78 is 5.43. The molecular weight excluding hydrogens is 352 g/mol. The first-order valence-corrected chi connectivity index (χ1v) is 10.2. The lowest BCUT2D eigenvalue weighted by Crippen LogP contribution is -2.27. The molecule has 0 amide bonds. The first-order valence-electron chi connectivity index (χ1n) is 10.2. The zero-order valence-corrected chi connectivity index (χ0v) is 17.5. The van der Waals surface area contributed by atoms with Crippen LogP contribution < -0.4 is 0 Å². The van der Waals surface area contributed by atoms with Crippen LogP contribution in [0.5, 0.6) is 0 Å². The Morgan fingerprint density at radius 2 is 1.39 bits per heavy atom. The van der Waals surface area contributed by atoms with Crippen molar-refractivity contribution in [2.24, 2.45) is 5.41 Å². The Kier molecular flexibility index (Phi) is 11.5. The van der Waals surface area contributed by atoms with Gasteiger partial charge in [0, 0.05) is 0 Å². The van der Waals surface area contributed by atoms with Crippen LogP contribution in [0.2, 0.25) is 0 Å². The number of hydrogen-bond acceptors (Lipinski definition) is 3. The van der Waals surface area contributed by atoms with Gasteiger partial charge in [-0.2, -0.15) is 0 Å². The Morgan fingerprint density at radius 3 is 1.86 bits per heavy atom. The predicted octanol–water partition coefficient (Wildman–Crippen LogP) is 5.37. The van der Waals surface area contributed by atoms with Gasteiger partial charge in [0.15, 0.2) is 0 Å². The van der Waals surface area contributed by atoms with Gasteiger partial charge in [0.05, 0.1) is 11.5 Å². The average Bonchev–Trinajstić information content (AvgIpc) is 3.40. The van der Waals surface area contributed by atoms with E-state index in [1.807, 2.05) is 6.08 Å². The van der Waals surface area contributed by atoms with Crippen LogP contribution in [0.4, 0.5) is 0 Å². The smallest absolute Gasteiger partial charge is 0.309 e. The number of ether oxygens (including phenoxy) is 1. The molecule has 0 aromatic carbocycles. The molecule has 0 aromatic rings. The second-order valence-electron chi connectivity index (χ2n) is 7.69. The number of epoxide rings is 1. The first kappa shape index (κ1) is 24.1. The van der Waals surface area contributed by atoms with Gasteiger partial charge in [-0.3, -0.25) is 4.79 Å². The van der Waals surface area contributed by atoms with Gasteiger partial charge < -0.3 is 14.9 Å². The third-order valence-electron chi connectivity index (χ3n) is 4.57. The minimum Gasteiger partial charge on any atom is -0.481 e. The maximum Gasteiger partial charge on any atom is 0.309 e. The van der Waals surface area contributed by atoms with E-state index in [-0.39, 0.29) is 12.2 Å². The molecule has 0 bridgehead atoms. The minimum atomic E-state index is -0.842. The average molecular weight is 389 g/mol. The summed E-state index contributed by atoms with van der Waals surface area (Å²) in [6.45, 7) is 5.49. The molecule has 0 radical (unpaired) electrons. The molecule has 0 saturated carbocycles. The van der Waals surface area contributed by atoms with Crippen molar-refractivity contribution >= 4 is 5.97 Å². The molecule has 1 heterocycles. The minimum absolute atomic E-state index is 0.178. The molecule has 1 fully saturated rings. The molecule has 28 heavy (non-hydrogen) atoms. The fourth-order valence-electron chi connectivity index (χ4n) is 2.69. The lowest BCUT2D eigenvalue weighted by Gasteiger charge is -2.17. The summed E-state index contributed by atoms with van der Waals surface area (Å²) in [6, 6.07) is 0. The molecule has 1 rings (SSSR count). The third kappa shape index (κ3) is 10.4. The molecular formula is C24H36O4. The molecule has 2 N–H and O–H groups in total. The van der Waals surface area contributed by atoms with Gasteiger partial charge in [0.2, 0.25) is 0 Å². The van der Waals surface area contributed by atoms with Gasteiger partial charge in [-0.1, -0.05) is 67.7 Å². The lowest BCUT2D eigenvalue weighted by atomic mass is 9.87. The predicted molar refractivity (Wildman–Crippen MR) is 115 cm³/mol. The molecule has 0 aliphatic carbocycles. The highest BCUT2D eigenvalue weighted by Gasteiger charge is 2.47. The van der Waals surface area contributed by atoms with E-state index in [0.717, 1.165) is 32.1 Å². The van der Waals surface area contributed by atoms with Crippen LogP contribution in [-0.4, -0.2) is 34.5 Å². The largest absolute Gasteiger partial charge is 0.481 e. The van der Waals surface area contributed by atoms with Crippen LogP contribution in [0.15, 0.2) is 60.8 Å². The number of hydrogen-bond donors (Lipinski definition) is 2. The molecule has 1 aliphatic heterocycles. The maximum atomic E-state index is 11.1. The summed E-state index contributed by atoms with van der Waals surface area (Å²) >= 11 is 0. The van der Waals surface area contributed by atoms with Gasteiger partial charge in [-0.05, 0) is 52.4 Å². The van der Waals surface area contributed by atoms with Gasteiger partial charge >= 0.3 is 5.97 Å². The molecule has 156 valence electrons. The number of carboxylic acids is 1. The monoisotopic (exact) mass is 388 g/mol. The van der Waals surface area contributed by atoms with E-state index in [1.165, 1.54) is 0 Å². The Bertz CT molecular complexity index is 596. The van der Waals surface area contributed by atoms with Crippen molar-refractivity contribution in [1.82, 2.24) is 0 Å². The SMILES string of the molecule is CC/C=C\C/C=C\C/C=C\C/C=C\C/C=C\C(O)C1OC1CC(C)(C)C(=O)O. The van der Waals surface area contributed by atoms with Crippen molar-refractivity contribution in [3.05, 3.63) is 60.8 Å². The normalized spacial score (nSPS) is 21.7. The third-order valence-corrected chi connectivity index (χ3v) is 4.57. The van der Waals surface area contributed by atoms with E-state index in [2.05, 4.69) is 55.5 Å². The highest BCUT2D eigenvalue weighted by atomic mass is 16.6. The van der Waals surface area contributed by atoms with Crippen LogP contribution >= 0.6 is 0 Å². The first-order chi connectivity index (χ1) is 13.4. The second kappa shape index (κ2) is 13.3. The highest BCUT2D eigenvalue weighted by Crippen LogP contribution is 2.36. The molecule has 3 unspecified atom stereocenters. The molecule has 0 aromatic heterocycles. The molecule has 4 heteroatoms. The lowest BCUT2D eigenvalue weighted by molar-refractivity contribution is -0.147. The van der Waals surface area contributed by atoms with E-state index >= 15 is 0 Å². The van der Waals surface area contributed by atoms with E-state index in [9.17, 15) is 9.90 Å². The molecule has 3 atom stereocenters. The zero-order chi connectivity index (χ0) is 20.8. The van der Waals surface area contributed by atoms with Crippen molar-refractivity contribution in [3.63, 3.8) is 0 Å². The van der Waals surface area contributed by atoms with Crippen LogP contribution in [0.1, 0.15) is 59.3 Å². The van der Waals surface area contributed by atoms with Crippen molar-refractivity contribution in [1.29, 1.82) is 0 Å². The second-order valence-corrected chi connectivity index (χ2v) is 7.69. The Balaban J connectivity index is 2.12. The van der Waals surface area contributed by atoms with Crippen molar-refractivity contribution in [2.75, 3.05) is 0 Å². The van der Waals surface area contributed by atoms with Crippen LogP contribution in [0.25, 0.3) is 0 Å². The van der Waals surface area contributed by atoms with Crippen molar-refractivity contribution in [3.8, 4) is 0 Å². The topological polar surface area (TPSA) is 70.1 Å². The molecule has 4 nitrogen and oxygen atoms in total. The van der Waals surface area contributed by atoms with Gasteiger partial charge in [-0.25, -0.2) is 0 Å². The summed E-state index contributed by atoms with van der Waals surface area (Å²) in [7, 11) is 0. The number of allylic oxidation sites excluding steroid dienone is 9. The van der Waals surface area contributed by atoms with E-state index < -0.39 is 17.5 Å². The van der Waals surface area contributed by atoms with E-state index in [1.54, 1.807) is 19.9 Å². The number of aliphatic carboxylic acids is 1. The van der Waals surface area contributed by atoms with Gasteiger partial charge in [0.25, 0.3) is 0 Å². The van der Waals surface area contributed by atoms with Crippen molar-refractivity contribution in [2.45, 2.75) is 77.6 Å². The molecule has 1 aliphatic rings. The number of aliphatic hydroxyl groups is 1. The Morgan fingerprint density at radius 1 is 0.929 bits per heavy atom. The quantitative estimate of drug-likeness (QED) is 0.310. The van der Waals surface area contributed by atoms with Gasteiger partial charge in [0.1, 0.15) is 12.2 Å². The van der Waals surface area contributed by atoms with Crippen LogP contribution in [-0.2, 0) is 9.53 Å². The van der Waals surface area contributed by atoms with E-state index in [4.69, 9.17) is 9.84 Å².